The number of carbonyl (C=O) groups excluding carboxylic acids is 2. The topological polar surface area (TPSA) is 160 Å². The van der Waals surface area contributed by atoms with E-state index in [0.717, 1.165) is 0 Å². The number of hydrogen-bond acceptors (Lipinski definition) is 6. The number of nitrogens with two attached hydrogens (primary N) is 2. The molecule has 4 rings (SSSR count). The van der Waals surface area contributed by atoms with Gasteiger partial charge >= 0.3 is 0 Å². The maximum Gasteiger partial charge on any atom is 0.269 e. The Kier molecular flexibility index (Phi) is 4.27. The van der Waals surface area contributed by atoms with Crippen molar-refractivity contribution in [2.24, 2.45) is 11.5 Å². The molecule has 148 valence electrons. The van der Waals surface area contributed by atoms with Crippen molar-refractivity contribution in [2.75, 3.05) is 0 Å². The molecule has 0 saturated carbocycles. The zero-order chi connectivity index (χ0) is 21.6. The Morgan fingerprint density at radius 2 is 1.50 bits per heavy atom. The highest BCUT2D eigenvalue weighted by Gasteiger charge is 2.18. The summed E-state index contributed by atoms with van der Waals surface area (Å²) in [5.74, 6) is -1.43. The average molecular weight is 403 g/mol. The second-order valence-corrected chi connectivity index (χ2v) is 6.57. The Hall–Kier alpha value is -4.53. The molecule has 0 spiro atoms. The molecular formula is C21H13N3O6. The Balaban J connectivity index is 2.09. The number of fused-ring (bicyclic) bond motifs is 2. The van der Waals surface area contributed by atoms with E-state index < -0.39 is 22.2 Å². The summed E-state index contributed by atoms with van der Waals surface area (Å²) < 4.78 is 5.81. The van der Waals surface area contributed by atoms with Crippen LogP contribution in [-0.2, 0) is 0 Å². The third-order valence-corrected chi connectivity index (χ3v) is 4.73. The van der Waals surface area contributed by atoms with Crippen molar-refractivity contribution < 1.29 is 18.9 Å². The Labute approximate surface area is 167 Å². The van der Waals surface area contributed by atoms with Crippen molar-refractivity contribution >= 4 is 39.4 Å². The fourth-order valence-corrected chi connectivity index (χ4v) is 3.26. The van der Waals surface area contributed by atoms with Gasteiger partial charge in [-0.05, 0) is 53.6 Å². The van der Waals surface area contributed by atoms with Gasteiger partial charge in [0.05, 0.1) is 15.7 Å². The first kappa shape index (κ1) is 18.8. The molecule has 0 aliphatic rings. The summed E-state index contributed by atoms with van der Waals surface area (Å²) in [5, 5.41) is 11.3. The van der Waals surface area contributed by atoms with Crippen molar-refractivity contribution in [2.45, 2.75) is 0 Å². The largest absolute Gasteiger partial charge is 0.456 e. The number of hydrogen-bond donors (Lipinski definition) is 2. The molecule has 3 aromatic carbocycles. The molecule has 0 unspecified atom stereocenters. The minimum atomic E-state index is -0.742. The van der Waals surface area contributed by atoms with Crippen LogP contribution < -0.4 is 16.9 Å². The molecule has 0 aliphatic carbocycles. The summed E-state index contributed by atoms with van der Waals surface area (Å²) in [6.45, 7) is 0. The molecule has 4 aromatic rings. The van der Waals surface area contributed by atoms with Crippen LogP contribution >= 0.6 is 0 Å². The Morgan fingerprint density at radius 1 is 0.867 bits per heavy atom. The van der Waals surface area contributed by atoms with Gasteiger partial charge in [-0.25, -0.2) is 0 Å². The first-order valence-corrected chi connectivity index (χ1v) is 8.65. The highest BCUT2D eigenvalue weighted by molar-refractivity contribution is 6.05. The first-order valence-electron chi connectivity index (χ1n) is 8.65. The Morgan fingerprint density at radius 3 is 2.10 bits per heavy atom. The van der Waals surface area contributed by atoms with Gasteiger partial charge in [0, 0.05) is 23.3 Å². The monoisotopic (exact) mass is 403 g/mol. The van der Waals surface area contributed by atoms with Gasteiger partial charge in [-0.2, -0.15) is 0 Å². The molecule has 9 nitrogen and oxygen atoms in total. The zero-order valence-corrected chi connectivity index (χ0v) is 15.2. The molecule has 30 heavy (non-hydrogen) atoms. The van der Waals surface area contributed by atoms with Crippen LogP contribution in [0, 0.1) is 10.1 Å². The maximum absolute atomic E-state index is 13.2. The predicted octanol–water partition coefficient (Wildman–Crippen LogP) is 2.72. The summed E-state index contributed by atoms with van der Waals surface area (Å²) in [6, 6.07) is 12.5. The molecule has 0 saturated heterocycles. The van der Waals surface area contributed by atoms with Crippen molar-refractivity contribution in [3.05, 3.63) is 86.1 Å². The van der Waals surface area contributed by atoms with E-state index in [-0.39, 0.29) is 38.8 Å². The third-order valence-electron chi connectivity index (χ3n) is 4.73. The second kappa shape index (κ2) is 6.82. The fourth-order valence-electron chi connectivity index (χ4n) is 3.26. The molecule has 0 atom stereocenters. The van der Waals surface area contributed by atoms with Crippen LogP contribution in [0.25, 0.3) is 33.1 Å². The van der Waals surface area contributed by atoms with Gasteiger partial charge in [0.2, 0.25) is 17.2 Å². The summed E-state index contributed by atoms with van der Waals surface area (Å²) in [4.78, 5) is 46.9. The van der Waals surface area contributed by atoms with E-state index in [2.05, 4.69) is 0 Å². The van der Waals surface area contributed by atoms with Crippen LogP contribution in [0.2, 0.25) is 0 Å². The van der Waals surface area contributed by atoms with Crippen LogP contribution in [0.4, 0.5) is 5.69 Å². The van der Waals surface area contributed by atoms with Gasteiger partial charge in [0.1, 0.15) is 11.2 Å². The number of primary amides is 2. The minimum Gasteiger partial charge on any atom is -0.456 e. The minimum absolute atomic E-state index is 0.0822. The summed E-state index contributed by atoms with van der Waals surface area (Å²) in [5.41, 5.74) is 11.4. The molecule has 0 radical (unpaired) electrons. The zero-order valence-electron chi connectivity index (χ0n) is 15.2. The average Bonchev–Trinajstić information content (AvgIpc) is 2.72. The van der Waals surface area contributed by atoms with Crippen LogP contribution in [0.3, 0.4) is 0 Å². The molecule has 9 heteroatoms. The number of carbonyl (C=O) groups is 2. The smallest absolute Gasteiger partial charge is 0.269 e. The second-order valence-electron chi connectivity index (χ2n) is 6.57. The lowest BCUT2D eigenvalue weighted by Crippen LogP contribution is -2.13. The van der Waals surface area contributed by atoms with E-state index in [9.17, 15) is 24.5 Å². The number of nitrogens with zero attached hydrogens (tertiary/aromatic N) is 1. The fraction of sp³-hybridized carbons (Fsp3) is 0. The SMILES string of the molecule is NC(=O)c1ccc2c(=O)c3c(-c4ccc([N+](=O)[O-])cc4)cc(C(N)=O)cc3oc2c1. The highest BCUT2D eigenvalue weighted by atomic mass is 16.6. The van der Waals surface area contributed by atoms with E-state index in [1.807, 2.05) is 0 Å². The molecule has 0 bridgehead atoms. The van der Waals surface area contributed by atoms with Crippen LogP contribution in [0.1, 0.15) is 20.7 Å². The van der Waals surface area contributed by atoms with Gasteiger partial charge in [0.15, 0.2) is 0 Å². The molecule has 1 heterocycles. The predicted molar refractivity (Wildman–Crippen MR) is 109 cm³/mol. The normalized spacial score (nSPS) is 10.9. The quantitative estimate of drug-likeness (QED) is 0.303. The number of nitro groups is 1. The summed E-state index contributed by atoms with van der Waals surface area (Å²) >= 11 is 0. The van der Waals surface area contributed by atoms with Gasteiger partial charge in [-0.3, -0.25) is 24.5 Å². The number of rotatable bonds is 4. The standard InChI is InChI=1S/C21H13N3O6/c22-20(26)11-3-6-14-16(8-11)30-17-9-12(21(23)27)7-15(18(17)19(14)25)10-1-4-13(5-2-10)24(28)29/h1-9H,(H2,22,26)(H2,23,27). The van der Waals surface area contributed by atoms with Gasteiger partial charge in [-0.15, -0.1) is 0 Å². The van der Waals surface area contributed by atoms with Gasteiger partial charge in [0.25, 0.3) is 5.69 Å². The van der Waals surface area contributed by atoms with E-state index in [1.54, 1.807) is 0 Å². The van der Waals surface area contributed by atoms with E-state index >= 15 is 0 Å². The van der Waals surface area contributed by atoms with E-state index in [1.165, 1.54) is 54.6 Å². The van der Waals surface area contributed by atoms with Crippen molar-refractivity contribution in [3.63, 3.8) is 0 Å². The van der Waals surface area contributed by atoms with Crippen LogP contribution in [0.15, 0.2) is 63.8 Å². The van der Waals surface area contributed by atoms with Crippen LogP contribution in [0.5, 0.6) is 0 Å². The van der Waals surface area contributed by atoms with E-state index in [0.29, 0.717) is 11.1 Å². The molecule has 2 amide bonds. The molecule has 0 fully saturated rings. The lowest BCUT2D eigenvalue weighted by molar-refractivity contribution is -0.384. The molecular weight excluding hydrogens is 390 g/mol. The summed E-state index contributed by atoms with van der Waals surface area (Å²) in [7, 11) is 0. The Bertz CT molecular complexity index is 1440. The number of amides is 2. The number of benzene rings is 3. The van der Waals surface area contributed by atoms with Gasteiger partial charge in [-0.1, -0.05) is 0 Å². The van der Waals surface area contributed by atoms with Crippen molar-refractivity contribution in [1.82, 2.24) is 0 Å². The summed E-state index contributed by atoms with van der Waals surface area (Å²) in [6.07, 6.45) is 0. The lowest BCUT2D eigenvalue weighted by Gasteiger charge is -2.10. The van der Waals surface area contributed by atoms with Crippen molar-refractivity contribution in [1.29, 1.82) is 0 Å². The first-order chi connectivity index (χ1) is 14.3. The lowest BCUT2D eigenvalue weighted by atomic mass is 9.96. The van der Waals surface area contributed by atoms with Crippen LogP contribution in [-0.4, -0.2) is 16.7 Å². The molecule has 4 N–H and O–H groups in total. The van der Waals surface area contributed by atoms with E-state index in [4.69, 9.17) is 15.9 Å². The van der Waals surface area contributed by atoms with Crippen molar-refractivity contribution in [3.8, 4) is 11.1 Å². The molecule has 1 aromatic heterocycles. The highest BCUT2D eigenvalue weighted by Crippen LogP contribution is 2.31. The number of non-ortho nitro benzene ring substituents is 1. The van der Waals surface area contributed by atoms with Gasteiger partial charge < -0.3 is 15.9 Å². The third kappa shape index (κ3) is 3.04. The number of nitro benzene ring substituents is 1. The maximum atomic E-state index is 13.2. The molecule has 0 aliphatic heterocycles.